The maximum Gasteiger partial charge on any atom is 0.255 e. The molecule has 5 heteroatoms. The summed E-state index contributed by atoms with van der Waals surface area (Å²) in [6, 6.07) is 5.36. The van der Waals surface area contributed by atoms with Crippen LogP contribution < -0.4 is 5.32 Å². The first-order chi connectivity index (χ1) is 10.1. The summed E-state index contributed by atoms with van der Waals surface area (Å²) in [6.07, 6.45) is 2.74. The van der Waals surface area contributed by atoms with Crippen LogP contribution in [-0.4, -0.2) is 28.7 Å². The third kappa shape index (κ3) is 2.44. The minimum Gasteiger partial charge on any atom is -0.322 e. The van der Waals surface area contributed by atoms with Gasteiger partial charge in [-0.2, -0.15) is 0 Å². The lowest BCUT2D eigenvalue weighted by molar-refractivity contribution is -0.136. The second kappa shape index (κ2) is 5.31. The van der Waals surface area contributed by atoms with Crippen LogP contribution in [0.1, 0.15) is 49.1 Å². The molecule has 112 valence electrons. The summed E-state index contributed by atoms with van der Waals surface area (Å²) >= 11 is 0. The van der Waals surface area contributed by atoms with Crippen molar-refractivity contribution in [2.75, 3.05) is 0 Å². The van der Waals surface area contributed by atoms with Gasteiger partial charge in [0.2, 0.25) is 11.8 Å². The normalized spacial score (nSPS) is 21.5. The van der Waals surface area contributed by atoms with E-state index in [1.54, 1.807) is 4.90 Å². The molecule has 2 aliphatic rings. The van der Waals surface area contributed by atoms with Crippen LogP contribution >= 0.6 is 0 Å². The topological polar surface area (TPSA) is 66.5 Å². The van der Waals surface area contributed by atoms with Gasteiger partial charge in [-0.1, -0.05) is 25.5 Å². The zero-order chi connectivity index (χ0) is 15.0. The molecule has 0 saturated carbocycles. The van der Waals surface area contributed by atoms with E-state index in [-0.39, 0.29) is 25.6 Å². The van der Waals surface area contributed by atoms with Crippen LogP contribution in [0.3, 0.4) is 0 Å². The van der Waals surface area contributed by atoms with E-state index in [1.807, 2.05) is 12.1 Å². The Morgan fingerprint density at radius 1 is 1.33 bits per heavy atom. The van der Waals surface area contributed by atoms with Crippen LogP contribution in [-0.2, 0) is 22.6 Å². The number of hydrogen-bond acceptors (Lipinski definition) is 3. The molecule has 1 fully saturated rings. The van der Waals surface area contributed by atoms with Crippen molar-refractivity contribution in [2.24, 2.45) is 0 Å². The van der Waals surface area contributed by atoms with Gasteiger partial charge in [0, 0.05) is 20.0 Å². The van der Waals surface area contributed by atoms with Gasteiger partial charge in [0.25, 0.3) is 5.91 Å². The van der Waals surface area contributed by atoms with Gasteiger partial charge in [0.1, 0.15) is 6.04 Å². The zero-order valence-electron chi connectivity index (χ0n) is 12.0. The highest BCUT2D eigenvalue weighted by Crippen LogP contribution is 2.28. The van der Waals surface area contributed by atoms with Gasteiger partial charge in [-0.15, -0.1) is 0 Å². The number of fused-ring (bicyclic) bond motifs is 1. The maximum atomic E-state index is 12.5. The second-order valence-corrected chi connectivity index (χ2v) is 5.64. The molecule has 0 radical (unpaired) electrons. The number of piperidine rings is 1. The van der Waals surface area contributed by atoms with E-state index in [0.29, 0.717) is 18.5 Å². The van der Waals surface area contributed by atoms with Crippen LogP contribution in [0, 0.1) is 0 Å². The number of nitrogens with zero attached hydrogens (tertiary/aromatic N) is 1. The van der Waals surface area contributed by atoms with Crippen molar-refractivity contribution in [1.82, 2.24) is 10.2 Å². The van der Waals surface area contributed by atoms with Crippen LogP contribution in [0.4, 0.5) is 0 Å². The number of aryl methyl sites for hydroxylation is 1. The first-order valence-corrected chi connectivity index (χ1v) is 7.36. The Morgan fingerprint density at radius 2 is 2.14 bits per heavy atom. The summed E-state index contributed by atoms with van der Waals surface area (Å²) in [4.78, 5) is 37.2. The molecule has 21 heavy (non-hydrogen) atoms. The molecule has 0 bridgehead atoms. The largest absolute Gasteiger partial charge is 0.322 e. The number of carbonyl (C=O) groups excluding carboxylic acids is 3. The highest BCUT2D eigenvalue weighted by molar-refractivity contribution is 6.05. The fourth-order valence-corrected chi connectivity index (χ4v) is 3.07. The van der Waals surface area contributed by atoms with Crippen molar-refractivity contribution in [2.45, 2.75) is 45.2 Å². The molecule has 5 nitrogen and oxygen atoms in total. The quantitative estimate of drug-likeness (QED) is 0.860. The summed E-state index contributed by atoms with van der Waals surface area (Å²) < 4.78 is 0. The first kappa shape index (κ1) is 13.8. The lowest BCUT2D eigenvalue weighted by Crippen LogP contribution is -2.52. The van der Waals surface area contributed by atoms with E-state index < -0.39 is 6.04 Å². The average molecular weight is 288 g/mol. The van der Waals surface area contributed by atoms with Crippen molar-refractivity contribution < 1.29 is 15.8 Å². The summed E-state index contributed by atoms with van der Waals surface area (Å²) in [5.41, 5.74) is 2.88. The highest BCUT2D eigenvalue weighted by atomic mass is 16.2. The number of imide groups is 1. The molecule has 1 unspecified atom stereocenters. The van der Waals surface area contributed by atoms with Gasteiger partial charge in [0.05, 0.1) is 0 Å². The third-order valence-corrected chi connectivity index (χ3v) is 4.13. The fourth-order valence-electron chi connectivity index (χ4n) is 3.07. The Kier molecular flexibility index (Phi) is 3.49. The zero-order valence-corrected chi connectivity index (χ0v) is 12.0. The van der Waals surface area contributed by atoms with Crippen LogP contribution in [0.5, 0.6) is 0 Å². The molecule has 1 atom stereocenters. The summed E-state index contributed by atoms with van der Waals surface area (Å²) in [5.74, 6) is -0.727. The molecule has 1 saturated heterocycles. The van der Waals surface area contributed by atoms with Crippen LogP contribution in [0.25, 0.3) is 0 Å². The van der Waals surface area contributed by atoms with Gasteiger partial charge in [-0.3, -0.25) is 19.7 Å². The summed E-state index contributed by atoms with van der Waals surface area (Å²) in [5, 5.41) is 2.31. The van der Waals surface area contributed by atoms with Gasteiger partial charge >= 0.3 is 0 Å². The molecular formula is C16H20N2O3. The Labute approximate surface area is 124 Å². The van der Waals surface area contributed by atoms with E-state index in [2.05, 4.69) is 18.3 Å². The monoisotopic (exact) mass is 288 g/mol. The van der Waals surface area contributed by atoms with E-state index in [4.69, 9.17) is 0 Å². The molecule has 3 rings (SSSR count). The maximum absolute atomic E-state index is 12.5. The van der Waals surface area contributed by atoms with Gasteiger partial charge in [-0.05, 0) is 30.0 Å². The van der Waals surface area contributed by atoms with E-state index in [0.717, 1.165) is 18.4 Å². The standard InChI is InChI=1S/C16H18N2O3.H2/c1-2-3-10-4-5-12-11(8-10)9-18(16(12)21)13-6-7-14(19)17-15(13)20;/h4-5,8,13H,2-3,6-7,9H2,1H3,(H,17,19,20);1H. The third-order valence-electron chi connectivity index (χ3n) is 4.13. The number of nitrogens with one attached hydrogen (secondary N) is 1. The Balaban J connectivity index is 0.00000176. The molecule has 0 spiro atoms. The number of carbonyl (C=O) groups is 3. The molecule has 0 aromatic heterocycles. The number of hydrogen-bond donors (Lipinski definition) is 1. The molecule has 1 N–H and O–H groups in total. The first-order valence-electron chi connectivity index (χ1n) is 7.36. The number of amides is 3. The van der Waals surface area contributed by atoms with Crippen molar-refractivity contribution in [3.63, 3.8) is 0 Å². The van der Waals surface area contributed by atoms with Gasteiger partial charge in [0.15, 0.2) is 0 Å². The molecule has 2 aliphatic heterocycles. The van der Waals surface area contributed by atoms with Crippen molar-refractivity contribution in [3.8, 4) is 0 Å². The van der Waals surface area contributed by atoms with E-state index in [1.165, 1.54) is 5.56 Å². The molecule has 1 aromatic rings. The summed E-state index contributed by atoms with van der Waals surface area (Å²) in [7, 11) is 0. The molecular weight excluding hydrogens is 268 g/mol. The van der Waals surface area contributed by atoms with Crippen molar-refractivity contribution >= 4 is 17.7 Å². The Morgan fingerprint density at radius 3 is 2.86 bits per heavy atom. The number of benzene rings is 1. The van der Waals surface area contributed by atoms with E-state index >= 15 is 0 Å². The number of rotatable bonds is 3. The Hall–Kier alpha value is -2.17. The van der Waals surface area contributed by atoms with Gasteiger partial charge in [-0.25, -0.2) is 0 Å². The SMILES string of the molecule is CCCc1ccc2c(c1)CN(C1CCC(=O)NC1=O)C2=O.[HH]. The highest BCUT2D eigenvalue weighted by Gasteiger charge is 2.38. The van der Waals surface area contributed by atoms with Crippen LogP contribution in [0.15, 0.2) is 18.2 Å². The van der Waals surface area contributed by atoms with Crippen molar-refractivity contribution in [3.05, 3.63) is 34.9 Å². The predicted octanol–water partition coefficient (Wildman–Crippen LogP) is 1.65. The lowest BCUT2D eigenvalue weighted by Gasteiger charge is -2.29. The molecule has 2 heterocycles. The smallest absolute Gasteiger partial charge is 0.255 e. The van der Waals surface area contributed by atoms with Crippen LogP contribution in [0.2, 0.25) is 0 Å². The average Bonchev–Trinajstić information content (AvgIpc) is 2.76. The van der Waals surface area contributed by atoms with Crippen molar-refractivity contribution in [1.29, 1.82) is 0 Å². The van der Waals surface area contributed by atoms with E-state index in [9.17, 15) is 14.4 Å². The molecule has 3 amide bonds. The fraction of sp³-hybridized carbons (Fsp3) is 0.438. The minimum atomic E-state index is -0.530. The Bertz CT molecular complexity index is 630. The predicted molar refractivity (Wildman–Crippen MR) is 78.6 cm³/mol. The van der Waals surface area contributed by atoms with Gasteiger partial charge < -0.3 is 4.90 Å². The molecule has 0 aliphatic carbocycles. The molecule has 1 aromatic carbocycles. The second-order valence-electron chi connectivity index (χ2n) is 5.64. The lowest BCUT2D eigenvalue weighted by atomic mass is 10.0. The summed E-state index contributed by atoms with van der Waals surface area (Å²) in [6.45, 7) is 2.58. The minimum absolute atomic E-state index is 0.